The summed E-state index contributed by atoms with van der Waals surface area (Å²) in [6.45, 7) is 4.92. The lowest BCUT2D eigenvalue weighted by atomic mass is 10.1. The van der Waals surface area contributed by atoms with E-state index in [1.165, 1.54) is 12.1 Å². The van der Waals surface area contributed by atoms with Crippen LogP contribution in [0.4, 0.5) is 18.9 Å². The molecule has 110 valence electrons. The minimum atomic E-state index is -4.50. The van der Waals surface area contributed by atoms with Crippen LogP contribution in [0.3, 0.4) is 0 Å². The molecule has 0 aromatic heterocycles. The van der Waals surface area contributed by atoms with Crippen LogP contribution in [0.1, 0.15) is 44.2 Å². The molecular weight excluding hydrogens is 265 g/mol. The van der Waals surface area contributed by atoms with Crippen molar-refractivity contribution in [3.05, 3.63) is 29.3 Å². The lowest BCUT2D eigenvalue weighted by Crippen LogP contribution is -2.09. The van der Waals surface area contributed by atoms with Crippen LogP contribution < -0.4 is 5.32 Å². The Hall–Kier alpha value is -1.70. The Morgan fingerprint density at radius 3 is 2.50 bits per heavy atom. The van der Waals surface area contributed by atoms with Gasteiger partial charge in [0.25, 0.3) is 0 Å². The van der Waals surface area contributed by atoms with Crippen LogP contribution in [0.25, 0.3) is 0 Å². The molecule has 1 aromatic rings. The molecule has 1 N–H and O–H groups in total. The van der Waals surface area contributed by atoms with Crippen LogP contribution in [0.5, 0.6) is 0 Å². The Morgan fingerprint density at radius 2 is 1.95 bits per heavy atom. The maximum absolute atomic E-state index is 12.8. The molecule has 1 aromatic carbocycles. The Morgan fingerprint density at radius 1 is 1.25 bits per heavy atom. The molecule has 5 heteroatoms. The van der Waals surface area contributed by atoms with Crippen LogP contribution in [-0.2, 0) is 6.18 Å². The van der Waals surface area contributed by atoms with Gasteiger partial charge in [0.2, 0.25) is 0 Å². The predicted molar refractivity (Wildman–Crippen MR) is 73.3 cm³/mol. The second kappa shape index (κ2) is 7.18. The van der Waals surface area contributed by atoms with E-state index in [9.17, 15) is 13.2 Å². The lowest BCUT2D eigenvalue weighted by Gasteiger charge is -2.12. The summed E-state index contributed by atoms with van der Waals surface area (Å²) < 4.78 is 38.3. The van der Waals surface area contributed by atoms with Crippen molar-refractivity contribution in [2.45, 2.75) is 39.3 Å². The summed E-state index contributed by atoms with van der Waals surface area (Å²) in [5, 5.41) is 11.7. The fourth-order valence-electron chi connectivity index (χ4n) is 1.90. The minimum absolute atomic E-state index is 0.345. The number of nitriles is 1. The van der Waals surface area contributed by atoms with Gasteiger partial charge in [0.1, 0.15) is 0 Å². The minimum Gasteiger partial charge on any atom is -0.385 e. The van der Waals surface area contributed by atoms with Gasteiger partial charge >= 0.3 is 6.18 Å². The van der Waals surface area contributed by atoms with E-state index in [-0.39, 0.29) is 5.56 Å². The van der Waals surface area contributed by atoms with E-state index in [1.54, 1.807) is 6.07 Å². The van der Waals surface area contributed by atoms with E-state index >= 15 is 0 Å². The van der Waals surface area contributed by atoms with Gasteiger partial charge in [0.15, 0.2) is 0 Å². The number of rotatable bonds is 6. The first-order valence-electron chi connectivity index (χ1n) is 6.70. The largest absolute Gasteiger partial charge is 0.417 e. The summed E-state index contributed by atoms with van der Waals surface area (Å²) in [6, 6.07) is 5.29. The fourth-order valence-corrected chi connectivity index (χ4v) is 1.90. The summed E-state index contributed by atoms with van der Waals surface area (Å²) in [5.74, 6) is 0.641. The lowest BCUT2D eigenvalue weighted by molar-refractivity contribution is -0.137. The number of alkyl halides is 3. The van der Waals surface area contributed by atoms with Gasteiger partial charge in [-0.1, -0.05) is 26.7 Å². The molecule has 0 spiro atoms. The first-order chi connectivity index (χ1) is 9.34. The fraction of sp³-hybridized carbons (Fsp3) is 0.533. The molecule has 0 saturated carbocycles. The maximum atomic E-state index is 12.8. The quantitative estimate of drug-likeness (QED) is 0.760. The first-order valence-corrected chi connectivity index (χ1v) is 6.70. The zero-order valence-corrected chi connectivity index (χ0v) is 11.7. The van der Waals surface area contributed by atoms with Gasteiger partial charge in [-0.25, -0.2) is 0 Å². The molecule has 0 aliphatic carbocycles. The molecule has 0 aliphatic rings. The average Bonchev–Trinajstić information content (AvgIpc) is 2.36. The molecule has 0 heterocycles. The highest BCUT2D eigenvalue weighted by Crippen LogP contribution is 2.33. The van der Waals surface area contributed by atoms with Crippen molar-refractivity contribution in [2.75, 3.05) is 11.9 Å². The van der Waals surface area contributed by atoms with E-state index in [1.807, 2.05) is 0 Å². The van der Waals surface area contributed by atoms with Crippen molar-refractivity contribution in [3.63, 3.8) is 0 Å². The highest BCUT2D eigenvalue weighted by atomic mass is 19.4. The highest BCUT2D eigenvalue weighted by molar-refractivity contribution is 5.53. The van der Waals surface area contributed by atoms with Gasteiger partial charge in [-0.15, -0.1) is 0 Å². The third kappa shape index (κ3) is 5.12. The molecule has 0 amide bonds. The van der Waals surface area contributed by atoms with Crippen molar-refractivity contribution < 1.29 is 13.2 Å². The number of anilines is 1. The second-order valence-corrected chi connectivity index (χ2v) is 5.19. The molecule has 1 rings (SSSR count). The number of nitrogens with zero attached hydrogens (tertiary/aromatic N) is 1. The maximum Gasteiger partial charge on any atom is 0.417 e. The molecule has 0 bridgehead atoms. The zero-order chi connectivity index (χ0) is 15.2. The van der Waals surface area contributed by atoms with Gasteiger partial charge < -0.3 is 5.32 Å². The van der Waals surface area contributed by atoms with Crippen LogP contribution in [0.15, 0.2) is 18.2 Å². The third-order valence-corrected chi connectivity index (χ3v) is 2.98. The number of nitrogens with one attached hydrogen (secondary N) is 1. The van der Waals surface area contributed by atoms with E-state index in [0.29, 0.717) is 18.2 Å². The summed E-state index contributed by atoms with van der Waals surface area (Å²) >= 11 is 0. The van der Waals surface area contributed by atoms with Crippen molar-refractivity contribution in [1.82, 2.24) is 0 Å². The number of hydrogen-bond donors (Lipinski definition) is 1. The van der Waals surface area contributed by atoms with Gasteiger partial charge in [-0.2, -0.15) is 18.4 Å². The van der Waals surface area contributed by atoms with E-state index in [0.717, 1.165) is 25.3 Å². The second-order valence-electron chi connectivity index (χ2n) is 5.19. The molecule has 0 aliphatic heterocycles. The normalized spacial score (nSPS) is 11.4. The van der Waals surface area contributed by atoms with Crippen LogP contribution in [0.2, 0.25) is 0 Å². The molecule has 0 unspecified atom stereocenters. The van der Waals surface area contributed by atoms with Gasteiger partial charge in [0, 0.05) is 12.2 Å². The number of benzene rings is 1. The topological polar surface area (TPSA) is 35.8 Å². The standard InChI is InChI=1S/C15H19F3N2/c1-11(2)5-3-4-8-20-13-7-6-12(10-19)14(9-13)15(16,17)18/h6-7,9,11,20H,3-5,8H2,1-2H3. The van der Waals surface area contributed by atoms with Crippen molar-refractivity contribution in [3.8, 4) is 6.07 Å². The van der Waals surface area contributed by atoms with Gasteiger partial charge in [-0.05, 0) is 30.5 Å². The molecule has 0 atom stereocenters. The highest BCUT2D eigenvalue weighted by Gasteiger charge is 2.33. The Balaban J connectivity index is 2.62. The summed E-state index contributed by atoms with van der Waals surface area (Å²) in [5.41, 5.74) is -0.823. The third-order valence-electron chi connectivity index (χ3n) is 2.98. The Labute approximate surface area is 117 Å². The molecule has 20 heavy (non-hydrogen) atoms. The van der Waals surface area contributed by atoms with Crippen molar-refractivity contribution in [1.29, 1.82) is 5.26 Å². The number of halogens is 3. The number of unbranched alkanes of at least 4 members (excludes halogenated alkanes) is 1. The van der Waals surface area contributed by atoms with Gasteiger partial charge in [0.05, 0.1) is 17.2 Å². The number of hydrogen-bond acceptors (Lipinski definition) is 2. The Bertz CT molecular complexity index is 473. The molecule has 0 radical (unpaired) electrons. The van der Waals surface area contributed by atoms with Crippen molar-refractivity contribution >= 4 is 5.69 Å². The van der Waals surface area contributed by atoms with Crippen LogP contribution in [-0.4, -0.2) is 6.54 Å². The SMILES string of the molecule is CC(C)CCCCNc1ccc(C#N)c(C(F)(F)F)c1. The average molecular weight is 284 g/mol. The molecule has 0 saturated heterocycles. The summed E-state index contributed by atoms with van der Waals surface area (Å²) in [6.07, 6.45) is -1.42. The summed E-state index contributed by atoms with van der Waals surface area (Å²) in [7, 11) is 0. The smallest absolute Gasteiger partial charge is 0.385 e. The zero-order valence-electron chi connectivity index (χ0n) is 11.7. The molecular formula is C15H19F3N2. The van der Waals surface area contributed by atoms with Gasteiger partial charge in [-0.3, -0.25) is 0 Å². The van der Waals surface area contributed by atoms with E-state index in [2.05, 4.69) is 19.2 Å². The molecule has 2 nitrogen and oxygen atoms in total. The summed E-state index contributed by atoms with van der Waals surface area (Å²) in [4.78, 5) is 0. The molecule has 0 fully saturated rings. The van der Waals surface area contributed by atoms with E-state index < -0.39 is 11.7 Å². The van der Waals surface area contributed by atoms with Crippen LogP contribution >= 0.6 is 0 Å². The van der Waals surface area contributed by atoms with E-state index in [4.69, 9.17) is 5.26 Å². The Kier molecular flexibility index (Phi) is 5.87. The monoisotopic (exact) mass is 284 g/mol. The predicted octanol–water partition coefficient (Wildman–Crippen LogP) is 4.82. The van der Waals surface area contributed by atoms with Crippen molar-refractivity contribution in [2.24, 2.45) is 5.92 Å². The van der Waals surface area contributed by atoms with Crippen LogP contribution in [0, 0.1) is 17.2 Å². The first kappa shape index (κ1) is 16.4.